The molecule has 5 heteroatoms. The van der Waals surface area contributed by atoms with E-state index in [9.17, 15) is 14.4 Å². The van der Waals surface area contributed by atoms with Crippen molar-refractivity contribution >= 4 is 17.7 Å². The molecule has 0 radical (unpaired) electrons. The van der Waals surface area contributed by atoms with Gasteiger partial charge in [-0.05, 0) is 99.8 Å². The van der Waals surface area contributed by atoms with E-state index in [1.807, 2.05) is 32.9 Å². The molecule has 156 valence electrons. The summed E-state index contributed by atoms with van der Waals surface area (Å²) in [6.07, 6.45) is 6.71. The van der Waals surface area contributed by atoms with Crippen molar-refractivity contribution in [2.45, 2.75) is 59.3 Å². The van der Waals surface area contributed by atoms with E-state index < -0.39 is 5.97 Å². The van der Waals surface area contributed by atoms with Crippen LogP contribution in [0.1, 0.15) is 65.6 Å². The lowest BCUT2D eigenvalue weighted by molar-refractivity contribution is -0.150. The summed E-state index contributed by atoms with van der Waals surface area (Å²) in [5.74, 6) is 1.27. The van der Waals surface area contributed by atoms with Gasteiger partial charge in [-0.3, -0.25) is 14.4 Å². The maximum Gasteiger partial charge on any atom is 0.325 e. The Morgan fingerprint density at radius 3 is 2.07 bits per heavy atom. The highest BCUT2D eigenvalue weighted by Gasteiger charge is 2.54. The number of benzene rings is 1. The summed E-state index contributed by atoms with van der Waals surface area (Å²) in [6.45, 7) is 5.38. The van der Waals surface area contributed by atoms with Crippen LogP contribution < -0.4 is 5.32 Å². The molecular formula is C24H31NO4. The van der Waals surface area contributed by atoms with Gasteiger partial charge in [0.1, 0.15) is 6.54 Å². The number of hydrogen-bond donors (Lipinski definition) is 1. The van der Waals surface area contributed by atoms with Crippen LogP contribution in [0.5, 0.6) is 0 Å². The van der Waals surface area contributed by atoms with E-state index in [2.05, 4.69) is 5.32 Å². The first-order chi connectivity index (χ1) is 13.8. The van der Waals surface area contributed by atoms with Crippen LogP contribution >= 0.6 is 0 Å². The topological polar surface area (TPSA) is 72.5 Å². The smallest absolute Gasteiger partial charge is 0.325 e. The SMILES string of the molecule is Cc1cc(C)c(C(=O)COC(=O)CNC(=O)C23CC4CC(CC(C4)C2)C3)cc1C. The molecule has 0 heterocycles. The van der Waals surface area contributed by atoms with Gasteiger partial charge >= 0.3 is 5.97 Å². The van der Waals surface area contributed by atoms with Crippen LogP contribution in [0.4, 0.5) is 0 Å². The van der Waals surface area contributed by atoms with Gasteiger partial charge in [0.05, 0.1) is 0 Å². The highest BCUT2D eigenvalue weighted by Crippen LogP contribution is 2.60. The normalized spacial score (nSPS) is 29.6. The molecule has 1 aromatic carbocycles. The molecule has 1 N–H and O–H groups in total. The quantitative estimate of drug-likeness (QED) is 0.587. The minimum absolute atomic E-state index is 0.00452. The number of hydrogen-bond acceptors (Lipinski definition) is 4. The van der Waals surface area contributed by atoms with Gasteiger partial charge in [-0.25, -0.2) is 0 Å². The molecule has 0 atom stereocenters. The van der Waals surface area contributed by atoms with Crippen LogP contribution in [0, 0.1) is 43.9 Å². The van der Waals surface area contributed by atoms with Crippen LogP contribution in [-0.4, -0.2) is 30.8 Å². The van der Waals surface area contributed by atoms with Crippen molar-refractivity contribution < 1.29 is 19.1 Å². The standard InChI is InChI=1S/C24H31NO4/c1-14-4-16(3)20(5-15(14)2)21(26)13-29-22(27)12-25-23(28)24-9-17-6-18(10-24)8-19(7-17)11-24/h4-5,17-19H,6-13H2,1-3H3,(H,25,28). The van der Waals surface area contributed by atoms with Crippen molar-refractivity contribution in [1.82, 2.24) is 5.32 Å². The van der Waals surface area contributed by atoms with Crippen LogP contribution in [0.15, 0.2) is 12.1 Å². The van der Waals surface area contributed by atoms with Gasteiger partial charge in [-0.1, -0.05) is 6.07 Å². The number of carbonyl (C=O) groups is 3. The highest BCUT2D eigenvalue weighted by molar-refractivity contribution is 5.99. The van der Waals surface area contributed by atoms with Gasteiger partial charge in [-0.15, -0.1) is 0 Å². The Balaban J connectivity index is 1.28. The molecule has 4 aliphatic rings. The van der Waals surface area contributed by atoms with Crippen LogP contribution in [0.3, 0.4) is 0 Å². The summed E-state index contributed by atoms with van der Waals surface area (Å²) >= 11 is 0. The maximum absolute atomic E-state index is 12.9. The molecule has 5 rings (SSSR count). The van der Waals surface area contributed by atoms with E-state index >= 15 is 0 Å². The minimum atomic E-state index is -0.557. The van der Waals surface area contributed by atoms with Gasteiger partial charge in [0, 0.05) is 11.0 Å². The third-order valence-electron chi connectivity index (χ3n) is 7.42. The molecular weight excluding hydrogens is 366 g/mol. The maximum atomic E-state index is 12.9. The van der Waals surface area contributed by atoms with Gasteiger partial charge in [0.15, 0.2) is 6.61 Å². The summed E-state index contributed by atoms with van der Waals surface area (Å²) < 4.78 is 5.15. The monoisotopic (exact) mass is 397 g/mol. The molecule has 29 heavy (non-hydrogen) atoms. The summed E-state index contributed by atoms with van der Waals surface area (Å²) in [5.41, 5.74) is 3.35. The van der Waals surface area contributed by atoms with Gasteiger partial charge in [0.25, 0.3) is 0 Å². The number of ether oxygens (including phenoxy) is 1. The molecule has 0 saturated heterocycles. The number of ketones is 1. The second-order valence-corrected chi connectivity index (χ2v) is 9.72. The van der Waals surface area contributed by atoms with Crippen molar-refractivity contribution in [2.24, 2.45) is 23.2 Å². The van der Waals surface area contributed by atoms with Crippen molar-refractivity contribution in [3.05, 3.63) is 34.4 Å². The molecule has 0 aliphatic heterocycles. The van der Waals surface area contributed by atoms with Crippen LogP contribution in [-0.2, 0) is 14.3 Å². The summed E-state index contributed by atoms with van der Waals surface area (Å²) in [7, 11) is 0. The molecule has 4 bridgehead atoms. The number of esters is 1. The zero-order valence-electron chi connectivity index (χ0n) is 17.7. The molecule has 4 saturated carbocycles. The zero-order valence-corrected chi connectivity index (χ0v) is 17.7. The van der Waals surface area contributed by atoms with Crippen molar-refractivity contribution in [2.75, 3.05) is 13.2 Å². The lowest BCUT2D eigenvalue weighted by atomic mass is 9.49. The summed E-state index contributed by atoms with van der Waals surface area (Å²) in [4.78, 5) is 37.5. The highest BCUT2D eigenvalue weighted by atomic mass is 16.5. The number of amides is 1. The number of aryl methyl sites for hydroxylation is 3. The van der Waals surface area contributed by atoms with E-state index in [0.717, 1.165) is 36.0 Å². The van der Waals surface area contributed by atoms with Crippen molar-refractivity contribution in [1.29, 1.82) is 0 Å². The number of rotatable bonds is 6. The Kier molecular flexibility index (Phi) is 5.26. The third kappa shape index (κ3) is 3.96. The first-order valence-corrected chi connectivity index (χ1v) is 10.8. The minimum Gasteiger partial charge on any atom is -0.456 e. The fourth-order valence-corrected chi connectivity index (χ4v) is 6.26. The average Bonchev–Trinajstić information content (AvgIpc) is 2.66. The Bertz CT molecular complexity index is 821. The van der Waals surface area contributed by atoms with E-state index in [1.54, 1.807) is 0 Å². The second-order valence-electron chi connectivity index (χ2n) is 9.72. The largest absolute Gasteiger partial charge is 0.456 e. The molecule has 4 aliphatic carbocycles. The van der Waals surface area contributed by atoms with Crippen LogP contribution in [0.25, 0.3) is 0 Å². The van der Waals surface area contributed by atoms with E-state index in [1.165, 1.54) is 19.3 Å². The Morgan fingerprint density at radius 1 is 0.931 bits per heavy atom. The molecule has 0 spiro atoms. The number of carbonyl (C=O) groups excluding carboxylic acids is 3. The van der Waals surface area contributed by atoms with E-state index in [-0.39, 0.29) is 30.3 Å². The first-order valence-electron chi connectivity index (χ1n) is 10.8. The first kappa shape index (κ1) is 20.1. The molecule has 4 fully saturated rings. The van der Waals surface area contributed by atoms with Gasteiger partial charge < -0.3 is 10.1 Å². The average molecular weight is 398 g/mol. The predicted octanol–water partition coefficient (Wildman–Crippen LogP) is 3.67. The van der Waals surface area contributed by atoms with E-state index in [0.29, 0.717) is 23.3 Å². The van der Waals surface area contributed by atoms with Gasteiger partial charge in [0.2, 0.25) is 11.7 Å². The zero-order chi connectivity index (χ0) is 20.8. The van der Waals surface area contributed by atoms with Crippen molar-refractivity contribution in [3.8, 4) is 0 Å². The van der Waals surface area contributed by atoms with Crippen molar-refractivity contribution in [3.63, 3.8) is 0 Å². The molecule has 1 aromatic rings. The molecule has 0 aromatic heterocycles. The van der Waals surface area contributed by atoms with E-state index in [4.69, 9.17) is 4.74 Å². The predicted molar refractivity (Wildman–Crippen MR) is 110 cm³/mol. The Hall–Kier alpha value is -2.17. The van der Waals surface area contributed by atoms with Gasteiger partial charge in [-0.2, -0.15) is 0 Å². The van der Waals surface area contributed by atoms with Crippen LogP contribution in [0.2, 0.25) is 0 Å². The lowest BCUT2D eigenvalue weighted by Gasteiger charge is -2.55. The summed E-state index contributed by atoms with van der Waals surface area (Å²) in [5, 5.41) is 2.81. The Labute approximate surface area is 172 Å². The fourth-order valence-electron chi connectivity index (χ4n) is 6.26. The second kappa shape index (κ2) is 7.58. The number of Topliss-reactive ketones (excluding diaryl/α,β-unsaturated/α-hetero) is 1. The number of nitrogens with one attached hydrogen (secondary N) is 1. The lowest BCUT2D eigenvalue weighted by Crippen LogP contribution is -2.54. The third-order valence-corrected chi connectivity index (χ3v) is 7.42. The Morgan fingerprint density at radius 2 is 1.48 bits per heavy atom. The molecule has 1 amide bonds. The summed E-state index contributed by atoms with van der Waals surface area (Å²) in [6, 6.07) is 3.81. The molecule has 5 nitrogen and oxygen atoms in total. The fraction of sp³-hybridized carbons (Fsp3) is 0.625. The molecule has 0 unspecified atom stereocenters.